The second kappa shape index (κ2) is 8.03. The van der Waals surface area contributed by atoms with Crippen LogP contribution in [0.1, 0.15) is 33.1 Å². The number of carbonyl (C=O) groups excluding carboxylic acids is 1. The average Bonchev–Trinajstić information content (AvgIpc) is 2.51. The normalized spacial score (nSPS) is 18.3. The van der Waals surface area contributed by atoms with Crippen LogP contribution in [0.4, 0.5) is 11.4 Å². The van der Waals surface area contributed by atoms with Gasteiger partial charge in [0.1, 0.15) is 0 Å². The van der Waals surface area contributed by atoms with Gasteiger partial charge in [0.15, 0.2) is 0 Å². The molecule has 1 aliphatic rings. The van der Waals surface area contributed by atoms with Crippen LogP contribution < -0.4 is 15.5 Å². The fourth-order valence-electron chi connectivity index (χ4n) is 2.92. The van der Waals surface area contributed by atoms with Crippen molar-refractivity contribution in [3.63, 3.8) is 0 Å². The molecule has 1 aliphatic heterocycles. The van der Waals surface area contributed by atoms with E-state index >= 15 is 0 Å². The summed E-state index contributed by atoms with van der Waals surface area (Å²) in [6, 6.07) is 8.13. The molecule has 21 heavy (non-hydrogen) atoms. The molecule has 2 rings (SSSR count). The lowest BCUT2D eigenvalue weighted by Gasteiger charge is -2.22. The van der Waals surface area contributed by atoms with Crippen LogP contribution >= 0.6 is 0 Å². The van der Waals surface area contributed by atoms with Gasteiger partial charge in [0, 0.05) is 30.9 Å². The van der Waals surface area contributed by atoms with Crippen LogP contribution in [0.25, 0.3) is 0 Å². The van der Waals surface area contributed by atoms with Crippen LogP contribution in [0.3, 0.4) is 0 Å². The maximum absolute atomic E-state index is 12.1. The van der Waals surface area contributed by atoms with E-state index in [1.54, 1.807) is 0 Å². The molecule has 2 N–H and O–H groups in total. The molecule has 0 bridgehead atoms. The minimum absolute atomic E-state index is 0.124. The first-order valence-corrected chi connectivity index (χ1v) is 8.08. The molecule has 116 valence electrons. The van der Waals surface area contributed by atoms with E-state index in [2.05, 4.69) is 41.5 Å². The van der Waals surface area contributed by atoms with Gasteiger partial charge < -0.3 is 15.5 Å². The highest BCUT2D eigenvalue weighted by Gasteiger charge is 2.16. The van der Waals surface area contributed by atoms with Crippen molar-refractivity contribution < 1.29 is 4.79 Å². The third-order valence-electron chi connectivity index (χ3n) is 4.15. The number of hydrogen-bond donors (Lipinski definition) is 2. The zero-order chi connectivity index (χ0) is 15.1. The van der Waals surface area contributed by atoms with Crippen LogP contribution in [-0.4, -0.2) is 32.1 Å². The summed E-state index contributed by atoms with van der Waals surface area (Å²) in [5, 5.41) is 6.36. The van der Waals surface area contributed by atoms with Crippen LogP contribution in [0.2, 0.25) is 0 Å². The van der Waals surface area contributed by atoms with Crippen LogP contribution in [0.5, 0.6) is 0 Å². The van der Waals surface area contributed by atoms with Crippen molar-refractivity contribution in [3.8, 4) is 0 Å². The summed E-state index contributed by atoms with van der Waals surface area (Å²) in [5.41, 5.74) is 2.09. The smallest absolute Gasteiger partial charge is 0.224 e. The Morgan fingerprint density at radius 2 is 2.00 bits per heavy atom. The maximum Gasteiger partial charge on any atom is 0.224 e. The zero-order valence-corrected chi connectivity index (χ0v) is 13.2. The first-order valence-electron chi connectivity index (χ1n) is 8.08. The van der Waals surface area contributed by atoms with E-state index in [0.29, 0.717) is 12.3 Å². The summed E-state index contributed by atoms with van der Waals surface area (Å²) >= 11 is 0. The van der Waals surface area contributed by atoms with Crippen molar-refractivity contribution in [2.24, 2.45) is 5.92 Å². The fourth-order valence-corrected chi connectivity index (χ4v) is 2.92. The number of rotatable bonds is 6. The van der Waals surface area contributed by atoms with Gasteiger partial charge in [0.05, 0.1) is 0 Å². The summed E-state index contributed by atoms with van der Waals surface area (Å²) in [6.45, 7) is 8.35. The molecule has 0 radical (unpaired) electrons. The van der Waals surface area contributed by atoms with E-state index in [0.717, 1.165) is 38.3 Å². The first-order chi connectivity index (χ1) is 10.2. The van der Waals surface area contributed by atoms with Crippen molar-refractivity contribution in [2.45, 2.75) is 33.1 Å². The molecule has 1 amide bonds. The number of anilines is 2. The molecule has 4 heteroatoms. The number of amides is 1. The Kier molecular flexibility index (Phi) is 6.05. The van der Waals surface area contributed by atoms with E-state index in [1.165, 1.54) is 12.1 Å². The summed E-state index contributed by atoms with van der Waals surface area (Å²) in [4.78, 5) is 14.4. The van der Waals surface area contributed by atoms with Gasteiger partial charge in [-0.05, 0) is 70.0 Å². The van der Waals surface area contributed by atoms with E-state index in [-0.39, 0.29) is 5.91 Å². The third kappa shape index (κ3) is 4.74. The molecule has 0 aromatic heterocycles. The zero-order valence-electron chi connectivity index (χ0n) is 13.2. The molecule has 1 unspecified atom stereocenters. The van der Waals surface area contributed by atoms with Gasteiger partial charge in [-0.2, -0.15) is 0 Å². The van der Waals surface area contributed by atoms with Crippen molar-refractivity contribution in [2.75, 3.05) is 36.4 Å². The minimum atomic E-state index is 0.124. The predicted octanol–water partition coefficient (Wildman–Crippen LogP) is 2.86. The average molecular weight is 289 g/mol. The molecule has 1 fully saturated rings. The van der Waals surface area contributed by atoms with Gasteiger partial charge >= 0.3 is 0 Å². The molecule has 1 heterocycles. The van der Waals surface area contributed by atoms with Gasteiger partial charge in [-0.15, -0.1) is 0 Å². The van der Waals surface area contributed by atoms with E-state index in [4.69, 9.17) is 0 Å². The maximum atomic E-state index is 12.1. The molecule has 1 atom stereocenters. The molecule has 0 saturated carbocycles. The van der Waals surface area contributed by atoms with Crippen molar-refractivity contribution in [1.82, 2.24) is 5.32 Å². The monoisotopic (exact) mass is 289 g/mol. The largest absolute Gasteiger partial charge is 0.372 e. The highest BCUT2D eigenvalue weighted by Crippen LogP contribution is 2.19. The highest BCUT2D eigenvalue weighted by molar-refractivity contribution is 5.91. The third-order valence-corrected chi connectivity index (χ3v) is 4.15. The summed E-state index contributed by atoms with van der Waals surface area (Å²) in [6.07, 6.45) is 2.95. The van der Waals surface area contributed by atoms with Gasteiger partial charge in [-0.25, -0.2) is 0 Å². The Morgan fingerprint density at radius 1 is 1.29 bits per heavy atom. The molecule has 1 saturated heterocycles. The molecular weight excluding hydrogens is 262 g/mol. The van der Waals surface area contributed by atoms with Gasteiger partial charge in [0.25, 0.3) is 0 Å². The number of piperidine rings is 1. The summed E-state index contributed by atoms with van der Waals surface area (Å²) < 4.78 is 0. The van der Waals surface area contributed by atoms with Crippen LogP contribution in [-0.2, 0) is 4.79 Å². The molecule has 1 aromatic carbocycles. The standard InChI is InChI=1S/C17H27N3O/c1-3-20(4-2)16-9-7-15(8-10-16)19-17(21)12-14-6-5-11-18-13-14/h7-10,14,18H,3-6,11-13H2,1-2H3,(H,19,21). The second-order valence-electron chi connectivity index (χ2n) is 5.68. The number of nitrogens with zero attached hydrogens (tertiary/aromatic N) is 1. The van der Waals surface area contributed by atoms with Crippen molar-refractivity contribution in [3.05, 3.63) is 24.3 Å². The number of hydrogen-bond acceptors (Lipinski definition) is 3. The lowest BCUT2D eigenvalue weighted by atomic mass is 9.96. The van der Waals surface area contributed by atoms with Crippen LogP contribution in [0.15, 0.2) is 24.3 Å². The quantitative estimate of drug-likeness (QED) is 0.846. The van der Waals surface area contributed by atoms with Gasteiger partial charge in [-0.3, -0.25) is 4.79 Å². The number of benzene rings is 1. The molecule has 1 aromatic rings. The lowest BCUT2D eigenvalue weighted by Crippen LogP contribution is -2.32. The molecule has 0 aliphatic carbocycles. The highest BCUT2D eigenvalue weighted by atomic mass is 16.1. The number of nitrogens with one attached hydrogen (secondary N) is 2. The topological polar surface area (TPSA) is 44.4 Å². The van der Waals surface area contributed by atoms with Crippen LogP contribution in [0, 0.1) is 5.92 Å². The Bertz CT molecular complexity index is 434. The predicted molar refractivity (Wildman–Crippen MR) is 88.8 cm³/mol. The van der Waals surface area contributed by atoms with Crippen molar-refractivity contribution >= 4 is 17.3 Å². The van der Waals surface area contributed by atoms with Crippen molar-refractivity contribution in [1.29, 1.82) is 0 Å². The summed E-state index contributed by atoms with van der Waals surface area (Å²) in [7, 11) is 0. The molecular formula is C17H27N3O. The fraction of sp³-hybridized carbons (Fsp3) is 0.588. The Hall–Kier alpha value is -1.55. The van der Waals surface area contributed by atoms with Gasteiger partial charge in [-0.1, -0.05) is 0 Å². The van der Waals surface area contributed by atoms with E-state index in [9.17, 15) is 4.79 Å². The molecule has 4 nitrogen and oxygen atoms in total. The number of carbonyl (C=O) groups is 1. The molecule has 0 spiro atoms. The second-order valence-corrected chi connectivity index (χ2v) is 5.68. The van der Waals surface area contributed by atoms with Gasteiger partial charge in [0.2, 0.25) is 5.91 Å². The van der Waals surface area contributed by atoms with E-state index < -0.39 is 0 Å². The SMILES string of the molecule is CCN(CC)c1ccc(NC(=O)CC2CCCNC2)cc1. The Balaban J connectivity index is 1.86. The Morgan fingerprint density at radius 3 is 2.57 bits per heavy atom. The minimum Gasteiger partial charge on any atom is -0.372 e. The lowest BCUT2D eigenvalue weighted by molar-refractivity contribution is -0.117. The summed E-state index contributed by atoms with van der Waals surface area (Å²) in [5.74, 6) is 0.605. The first kappa shape index (κ1) is 15.8. The Labute approximate surface area is 127 Å². The van der Waals surface area contributed by atoms with E-state index in [1.807, 2.05) is 12.1 Å².